The minimum absolute atomic E-state index is 0.0298. The van der Waals surface area contributed by atoms with E-state index in [-0.39, 0.29) is 15.8 Å². The van der Waals surface area contributed by atoms with E-state index in [0.717, 1.165) is 36.6 Å². The molecule has 10 heterocycles. The Kier molecular flexibility index (Phi) is 2.56. The van der Waals surface area contributed by atoms with Crippen molar-refractivity contribution in [3.63, 3.8) is 0 Å². The van der Waals surface area contributed by atoms with Crippen molar-refractivity contribution in [3.8, 4) is 0 Å². The molecule has 1 spiro atoms. The molecule has 5 atom stereocenters. The van der Waals surface area contributed by atoms with Crippen LogP contribution in [0.2, 0.25) is 46.7 Å². The first-order chi connectivity index (χ1) is 21.8. The van der Waals surface area contributed by atoms with Crippen molar-refractivity contribution in [3.05, 3.63) is 0 Å². The van der Waals surface area contributed by atoms with Crippen LogP contribution < -0.4 is 0 Å². The Balaban J connectivity index is 0.924. The molecule has 47 heavy (non-hydrogen) atoms. The molecule has 0 aromatic rings. The molecular weight excluding hydrogens is 646 g/mol. The second kappa shape index (κ2) is 4.45. The van der Waals surface area contributed by atoms with Crippen LogP contribution in [0.25, 0.3) is 0 Å². The summed E-state index contributed by atoms with van der Waals surface area (Å²) in [5.74, 6) is 9.40. The van der Waals surface area contributed by atoms with Gasteiger partial charge >= 0.3 is 282 Å². The van der Waals surface area contributed by atoms with Gasteiger partial charge in [-0.15, -0.1) is 0 Å². The normalized spacial score (nSPS) is 79.3. The molecule has 18 aliphatic rings. The van der Waals surface area contributed by atoms with Gasteiger partial charge < -0.3 is 0 Å². The molecule has 0 amide bonds. The summed E-state index contributed by atoms with van der Waals surface area (Å²) >= 11 is 0. The fraction of sp³-hybridized carbons (Fsp3) is 1.00. The second-order valence-electron chi connectivity index (χ2n) is 27.8. The van der Waals surface area contributed by atoms with E-state index in [2.05, 4.69) is 62.3 Å². The van der Waals surface area contributed by atoms with Crippen molar-refractivity contribution in [1.82, 2.24) is 0 Å². The second-order valence-corrected chi connectivity index (χ2v) is 57.3. The van der Waals surface area contributed by atoms with Gasteiger partial charge in [0.25, 0.3) is 0 Å². The summed E-state index contributed by atoms with van der Waals surface area (Å²) in [6, 6.07) is 0. The molecule has 5 unspecified atom stereocenters. The predicted molar refractivity (Wildman–Crippen MR) is 199 cm³/mol. The maximum absolute atomic E-state index is 3.86. The van der Waals surface area contributed by atoms with Crippen LogP contribution in [0.3, 0.4) is 0 Å². The third kappa shape index (κ3) is 0.862. The van der Waals surface area contributed by atoms with Gasteiger partial charge in [-0.2, -0.15) is 0 Å². The third-order valence-electron chi connectivity index (χ3n) is 28.3. The van der Waals surface area contributed by atoms with Gasteiger partial charge in [-0.3, -0.25) is 0 Å². The third-order valence-corrected chi connectivity index (χ3v) is 81.9. The van der Waals surface area contributed by atoms with Crippen molar-refractivity contribution in [1.29, 1.82) is 0 Å². The molecule has 8 saturated carbocycles. The Morgan fingerprint density at radius 1 is 0.489 bits per heavy atom. The monoisotopic (exact) mass is 714 g/mol. The number of rotatable bonds is 6. The van der Waals surface area contributed by atoms with Gasteiger partial charge in [-0.25, -0.2) is 0 Å². The Morgan fingerprint density at radius 2 is 0.830 bits per heavy atom. The molecule has 262 valence electrons. The van der Waals surface area contributed by atoms with Crippen LogP contribution in [0.4, 0.5) is 0 Å². The quantitative estimate of drug-likeness (QED) is 0.190. The molecule has 0 N–H and O–H groups in total. The van der Waals surface area contributed by atoms with Crippen LogP contribution >= 0.6 is 15.8 Å². The zero-order valence-corrected chi connectivity index (χ0v) is 34.4. The van der Waals surface area contributed by atoms with E-state index in [4.69, 9.17) is 0 Å². The summed E-state index contributed by atoms with van der Waals surface area (Å²) in [5.41, 5.74) is 3.12. The van der Waals surface area contributed by atoms with Gasteiger partial charge in [0, 0.05) is 0 Å². The summed E-state index contributed by atoms with van der Waals surface area (Å²) in [5, 5.41) is 1.02. The SMILES string of the molecule is CC(C)(C)P(C[C]12[CH]3[C]4(C(C)(C)C)[CH]5[C]1(CP(C1C6CC7CC(C6)CC1C7)C1C6CC7CC(C6)CC1C7)[Fe]53241678[CH]2[CH]1[CH]6[CH]7[CH]28)C(C)(C)C. The van der Waals surface area contributed by atoms with Crippen LogP contribution in [0.5, 0.6) is 0 Å². The Bertz CT molecular complexity index is 1910. The van der Waals surface area contributed by atoms with Gasteiger partial charge in [0.15, 0.2) is 0 Å². The fourth-order valence-corrected chi connectivity index (χ4v) is 129. The first-order valence-electron chi connectivity index (χ1n) is 21.6. The Hall–Kier alpha value is 1.38. The van der Waals surface area contributed by atoms with E-state index in [1.54, 1.807) is 64.2 Å². The van der Waals surface area contributed by atoms with E-state index < -0.39 is 6.51 Å². The van der Waals surface area contributed by atoms with Crippen molar-refractivity contribution in [2.24, 2.45) is 52.8 Å². The first-order valence-corrected chi connectivity index (χ1v) is 30.9. The molecule has 18 rings (SSSR count). The molecule has 10 aliphatic heterocycles. The first kappa shape index (κ1) is 27.0. The average molecular weight is 715 g/mol. The van der Waals surface area contributed by atoms with Crippen LogP contribution in [-0.4, -0.2) is 34.0 Å². The summed E-state index contributed by atoms with van der Waals surface area (Å²) in [7, 11) is 0.234. The number of hydrogen-bond donors (Lipinski definition) is 0. The summed E-state index contributed by atoms with van der Waals surface area (Å²) in [6.45, 7) is 21.1. The Morgan fingerprint density at radius 3 is 1.13 bits per heavy atom. The van der Waals surface area contributed by atoms with Gasteiger partial charge in [0.1, 0.15) is 0 Å². The van der Waals surface area contributed by atoms with Crippen LogP contribution in [0, 0.1) is 52.8 Å². The van der Waals surface area contributed by atoms with Crippen LogP contribution in [0.15, 0.2) is 0 Å². The fourth-order valence-electron chi connectivity index (χ4n) is 32.1. The molecule has 0 aromatic heterocycles. The molecule has 3 heteroatoms. The summed E-state index contributed by atoms with van der Waals surface area (Å²) < 4.78 is 3.04. The van der Waals surface area contributed by atoms with E-state index in [1.807, 2.05) is 12.3 Å². The van der Waals surface area contributed by atoms with Gasteiger partial charge in [-0.1, -0.05) is 0 Å². The van der Waals surface area contributed by atoms with Crippen LogP contribution in [-0.2, 0) is 6.51 Å². The van der Waals surface area contributed by atoms with Crippen molar-refractivity contribution >= 4 is 15.8 Å². The predicted octanol–water partition coefficient (Wildman–Crippen LogP) is 13.7. The minimum atomic E-state index is -3.86. The van der Waals surface area contributed by atoms with E-state index in [0.29, 0.717) is 15.7 Å². The summed E-state index contributed by atoms with van der Waals surface area (Å²) in [6.07, 6.45) is 20.7. The van der Waals surface area contributed by atoms with Crippen molar-refractivity contribution in [2.75, 3.05) is 12.3 Å². The molecule has 18 fully saturated rings. The van der Waals surface area contributed by atoms with Gasteiger partial charge in [0.2, 0.25) is 0 Å². The molecule has 8 bridgehead atoms. The Labute approximate surface area is 280 Å². The molecule has 0 aromatic carbocycles. The molecule has 0 radical (unpaired) electrons. The molecule has 0 nitrogen and oxygen atoms in total. The van der Waals surface area contributed by atoms with Crippen LogP contribution in [0.1, 0.15) is 127 Å². The maximum atomic E-state index is 2.87. The van der Waals surface area contributed by atoms with Crippen molar-refractivity contribution in [2.45, 2.75) is 195 Å². The average Bonchev–Trinajstić information content (AvgIpc) is 3.88. The zero-order valence-electron chi connectivity index (χ0n) is 31.5. The van der Waals surface area contributed by atoms with E-state index >= 15 is 0 Å². The standard InChI is InChI=1S/C39H63P2.C5H5.Fe/c1-37(2,3)34-20-32(33(21-34)23-41(38(4,5)6)39(7,8)9)22-40(35-28-12-24-10-25(14-28)15-29(35)13-24)36-30-16-26-11-27(18-30)19-31(36)17-26;1-2-4-5-3-1;/h20-21,24-31,35-36H,10-19,22-23H2,1-9H3;1-5H;. The molecule has 10 saturated heterocycles. The van der Waals surface area contributed by atoms with E-state index in [1.165, 1.54) is 68.7 Å². The topological polar surface area (TPSA) is 0 Å². The number of fused-ring (bicyclic) bond motifs is 10. The summed E-state index contributed by atoms with van der Waals surface area (Å²) in [4.78, 5) is 10.0. The molecular formula is C44H68FeP2. The number of hydrogen-bond acceptors (Lipinski definition) is 0. The van der Waals surface area contributed by atoms with E-state index in [9.17, 15) is 0 Å². The zero-order chi connectivity index (χ0) is 31.8. The van der Waals surface area contributed by atoms with Gasteiger partial charge in [0.05, 0.1) is 0 Å². The molecule has 8 aliphatic carbocycles. The van der Waals surface area contributed by atoms with Crippen molar-refractivity contribution < 1.29 is 6.51 Å². The van der Waals surface area contributed by atoms with Gasteiger partial charge in [-0.05, 0) is 0 Å².